The van der Waals surface area contributed by atoms with E-state index in [1.54, 1.807) is 6.34 Å². The van der Waals surface area contributed by atoms with E-state index < -0.39 is 0 Å². The third kappa shape index (κ3) is 1.49. The van der Waals surface area contributed by atoms with Crippen molar-refractivity contribution in [2.24, 2.45) is 9.98 Å². The first-order chi connectivity index (χ1) is 10.8. The maximum absolute atomic E-state index is 4.53. The smallest absolute Gasteiger partial charge is 0.116 e. The van der Waals surface area contributed by atoms with Gasteiger partial charge in [-0.1, -0.05) is 52.4 Å². The fraction of sp³-hybridized carbons (Fsp3) is 0.0526. The Kier molecular flexibility index (Phi) is 2.44. The molecule has 5 rings (SSSR count). The molecule has 0 radical (unpaired) electrons. The molecule has 0 fully saturated rings. The molecule has 3 aromatic carbocycles. The highest BCUT2D eigenvalue weighted by Gasteiger charge is 2.16. The van der Waals surface area contributed by atoms with Gasteiger partial charge in [-0.05, 0) is 40.1 Å². The van der Waals surface area contributed by atoms with E-state index in [1.807, 2.05) is 0 Å². The first-order valence-corrected chi connectivity index (χ1v) is 8.07. The van der Waals surface area contributed by atoms with Crippen molar-refractivity contribution < 1.29 is 0 Å². The molecule has 3 heteroatoms. The Morgan fingerprint density at radius 3 is 2.91 bits per heavy atom. The third-order valence-corrected chi connectivity index (χ3v) is 5.12. The normalized spacial score (nSPS) is 14.8. The highest BCUT2D eigenvalue weighted by atomic mass is 79.9. The van der Waals surface area contributed by atoms with Gasteiger partial charge in [0.05, 0.1) is 11.0 Å². The van der Waals surface area contributed by atoms with Gasteiger partial charge in [0.1, 0.15) is 6.34 Å². The van der Waals surface area contributed by atoms with Crippen molar-refractivity contribution in [3.8, 4) is 0 Å². The van der Waals surface area contributed by atoms with Gasteiger partial charge in [0.2, 0.25) is 0 Å². The summed E-state index contributed by atoms with van der Waals surface area (Å²) < 4.78 is 1.12. The highest BCUT2D eigenvalue weighted by molar-refractivity contribution is 9.10. The Bertz CT molecular complexity index is 1150. The Balaban J connectivity index is 2.20. The second-order valence-electron chi connectivity index (χ2n) is 5.58. The molecule has 0 amide bonds. The minimum Gasteiger partial charge on any atom is -0.235 e. The van der Waals surface area contributed by atoms with E-state index >= 15 is 0 Å². The van der Waals surface area contributed by atoms with Gasteiger partial charge in [-0.2, -0.15) is 0 Å². The number of fused-ring (bicyclic) bond motifs is 8. The zero-order valence-electron chi connectivity index (χ0n) is 11.7. The van der Waals surface area contributed by atoms with Crippen LogP contribution in [-0.4, -0.2) is 6.34 Å². The van der Waals surface area contributed by atoms with Crippen LogP contribution in [0.3, 0.4) is 0 Å². The molecule has 0 unspecified atom stereocenters. The molecule has 2 aliphatic rings. The van der Waals surface area contributed by atoms with Crippen LogP contribution in [0.1, 0.15) is 5.56 Å². The van der Waals surface area contributed by atoms with Crippen LogP contribution < -0.4 is 10.6 Å². The zero-order chi connectivity index (χ0) is 14.7. The van der Waals surface area contributed by atoms with E-state index in [4.69, 9.17) is 0 Å². The molecule has 1 heterocycles. The van der Waals surface area contributed by atoms with Crippen LogP contribution in [0.5, 0.6) is 0 Å². The van der Waals surface area contributed by atoms with Crippen LogP contribution in [0.25, 0.3) is 27.6 Å². The quantitative estimate of drug-likeness (QED) is 0.551. The van der Waals surface area contributed by atoms with E-state index in [2.05, 4.69) is 74.5 Å². The SMILES string of the molecule is Brc1cccc2c3c(c4c5c(ccc4c12)N=CN=5)CC=CC=3. The monoisotopic (exact) mass is 346 g/mol. The number of aliphatic imine (C=N–C) groups is 1. The summed E-state index contributed by atoms with van der Waals surface area (Å²) >= 11 is 3.73. The van der Waals surface area contributed by atoms with Gasteiger partial charge < -0.3 is 0 Å². The molecule has 0 atom stereocenters. The predicted octanol–water partition coefficient (Wildman–Crippen LogP) is 3.94. The maximum atomic E-state index is 4.53. The molecule has 0 aromatic heterocycles. The number of benzene rings is 3. The summed E-state index contributed by atoms with van der Waals surface area (Å²) in [6, 6.07) is 10.7. The van der Waals surface area contributed by atoms with Gasteiger partial charge in [0, 0.05) is 15.2 Å². The van der Waals surface area contributed by atoms with Crippen molar-refractivity contribution in [3.05, 3.63) is 63.1 Å². The molecule has 0 saturated heterocycles. The average molecular weight is 347 g/mol. The summed E-state index contributed by atoms with van der Waals surface area (Å²) in [6.07, 6.45) is 9.16. The fourth-order valence-electron chi connectivity index (χ4n) is 3.55. The number of hydrogen-bond donors (Lipinski definition) is 0. The van der Waals surface area contributed by atoms with E-state index in [0.29, 0.717) is 0 Å². The van der Waals surface area contributed by atoms with Crippen molar-refractivity contribution in [2.45, 2.75) is 6.42 Å². The predicted molar refractivity (Wildman–Crippen MR) is 95.4 cm³/mol. The lowest BCUT2D eigenvalue weighted by molar-refractivity contribution is 1.26. The number of rotatable bonds is 0. The van der Waals surface area contributed by atoms with Gasteiger partial charge in [-0.15, -0.1) is 0 Å². The lowest BCUT2D eigenvalue weighted by Crippen LogP contribution is -2.17. The Labute approximate surface area is 135 Å². The molecule has 2 nitrogen and oxygen atoms in total. The first kappa shape index (κ1) is 12.3. The summed E-state index contributed by atoms with van der Waals surface area (Å²) in [4.78, 5) is 8.90. The van der Waals surface area contributed by atoms with Crippen LogP contribution >= 0.6 is 15.9 Å². The van der Waals surface area contributed by atoms with Crippen LogP contribution in [0.15, 0.2) is 56.9 Å². The molecule has 3 aromatic rings. The molecule has 0 saturated carbocycles. The van der Waals surface area contributed by atoms with Gasteiger partial charge in [-0.25, -0.2) is 9.98 Å². The second kappa shape index (κ2) is 4.37. The topological polar surface area (TPSA) is 24.7 Å². The number of halogens is 1. The summed E-state index contributed by atoms with van der Waals surface area (Å²) in [7, 11) is 0. The molecule has 104 valence electrons. The molecule has 0 spiro atoms. The van der Waals surface area contributed by atoms with Gasteiger partial charge >= 0.3 is 0 Å². The lowest BCUT2D eigenvalue weighted by Gasteiger charge is -2.14. The molecule has 22 heavy (non-hydrogen) atoms. The van der Waals surface area contributed by atoms with E-state index in [1.165, 1.54) is 32.3 Å². The maximum Gasteiger partial charge on any atom is 0.116 e. The summed E-state index contributed by atoms with van der Waals surface area (Å²) in [5.74, 6) is 0. The first-order valence-electron chi connectivity index (χ1n) is 7.27. The zero-order valence-corrected chi connectivity index (χ0v) is 13.3. The minimum atomic E-state index is 0.941. The summed E-state index contributed by atoms with van der Waals surface area (Å²) in [5.41, 5.74) is 2.32. The Morgan fingerprint density at radius 2 is 1.95 bits per heavy atom. The van der Waals surface area contributed by atoms with Crippen molar-refractivity contribution >= 4 is 55.6 Å². The lowest BCUT2D eigenvalue weighted by atomic mass is 9.90. The average Bonchev–Trinajstić information content (AvgIpc) is 3.03. The number of hydrogen-bond acceptors (Lipinski definition) is 2. The van der Waals surface area contributed by atoms with Crippen LogP contribution in [0.2, 0.25) is 0 Å². The van der Waals surface area contributed by atoms with Crippen LogP contribution in [0, 0.1) is 0 Å². The number of allylic oxidation sites excluding steroid dienone is 2. The van der Waals surface area contributed by atoms with E-state index in [0.717, 1.165) is 21.9 Å². The fourth-order valence-corrected chi connectivity index (χ4v) is 4.13. The van der Waals surface area contributed by atoms with Crippen LogP contribution in [-0.2, 0) is 6.42 Å². The molecular formula is C19H11BrN2. The van der Waals surface area contributed by atoms with Crippen molar-refractivity contribution in [3.63, 3.8) is 0 Å². The standard InChI is InChI=1S/C19H11BrN2/c20-15-7-3-6-12-11-4-1-2-5-13(11)18-14(17(12)15)8-9-16-19(18)22-10-21-16/h1-4,6-10H,5H2. The molecule has 0 bridgehead atoms. The largest absolute Gasteiger partial charge is 0.235 e. The van der Waals surface area contributed by atoms with Crippen molar-refractivity contribution in [2.75, 3.05) is 0 Å². The molecule has 1 aliphatic carbocycles. The van der Waals surface area contributed by atoms with E-state index in [-0.39, 0.29) is 0 Å². The van der Waals surface area contributed by atoms with Crippen molar-refractivity contribution in [1.29, 1.82) is 0 Å². The summed E-state index contributed by atoms with van der Waals surface area (Å²) in [5, 5.41) is 7.35. The Morgan fingerprint density at radius 1 is 1.00 bits per heavy atom. The van der Waals surface area contributed by atoms with Gasteiger partial charge in [-0.3, -0.25) is 0 Å². The Hall–Kier alpha value is -2.26. The molecule has 0 N–H and O–H groups in total. The van der Waals surface area contributed by atoms with Gasteiger partial charge in [0.15, 0.2) is 0 Å². The molecule has 1 aliphatic heterocycles. The second-order valence-corrected chi connectivity index (χ2v) is 6.44. The molecular weight excluding hydrogens is 336 g/mol. The summed E-state index contributed by atoms with van der Waals surface area (Å²) in [6.45, 7) is 0. The highest BCUT2D eigenvalue weighted by Crippen LogP contribution is 2.32. The third-order valence-electron chi connectivity index (χ3n) is 4.46. The number of nitrogens with zero attached hydrogens (tertiary/aromatic N) is 2. The van der Waals surface area contributed by atoms with E-state index in [9.17, 15) is 0 Å². The minimum absolute atomic E-state index is 0.941. The van der Waals surface area contributed by atoms with Crippen LogP contribution in [0.4, 0.5) is 5.69 Å². The van der Waals surface area contributed by atoms with Gasteiger partial charge in [0.25, 0.3) is 0 Å². The van der Waals surface area contributed by atoms with Crippen molar-refractivity contribution in [1.82, 2.24) is 0 Å².